The Morgan fingerprint density at radius 1 is 1.44 bits per heavy atom. The van der Waals surface area contributed by atoms with Gasteiger partial charge in [-0.3, -0.25) is 4.68 Å². The van der Waals surface area contributed by atoms with Crippen LogP contribution in [0.15, 0.2) is 12.4 Å². The van der Waals surface area contributed by atoms with Gasteiger partial charge in [0.15, 0.2) is 0 Å². The van der Waals surface area contributed by atoms with Gasteiger partial charge in [0, 0.05) is 18.8 Å². The highest BCUT2D eigenvalue weighted by molar-refractivity contribution is 5.39. The minimum Gasteiger partial charge on any atom is -0.380 e. The molecule has 1 saturated heterocycles. The molecule has 4 heteroatoms. The van der Waals surface area contributed by atoms with Gasteiger partial charge >= 0.3 is 0 Å². The maximum atomic E-state index is 5.72. The van der Waals surface area contributed by atoms with Crippen LogP contribution in [-0.4, -0.2) is 28.0 Å². The molecule has 0 radical (unpaired) electrons. The van der Waals surface area contributed by atoms with Gasteiger partial charge in [-0.25, -0.2) is 0 Å². The van der Waals surface area contributed by atoms with Crippen LogP contribution in [-0.2, 0) is 11.3 Å². The van der Waals surface area contributed by atoms with E-state index in [2.05, 4.69) is 37.4 Å². The monoisotopic (exact) mass is 223 g/mol. The van der Waals surface area contributed by atoms with Crippen LogP contribution in [0.1, 0.15) is 33.6 Å². The molecular formula is C12H21N3O. The molecular weight excluding hydrogens is 202 g/mol. The second-order valence-electron chi connectivity index (χ2n) is 4.65. The summed E-state index contributed by atoms with van der Waals surface area (Å²) in [5, 5.41) is 7.79. The molecule has 0 amide bonds. The SMILES string of the molecule is CCn1cc(NC2CC(C)OC(C)C2)cn1. The van der Waals surface area contributed by atoms with Gasteiger partial charge in [0.2, 0.25) is 0 Å². The first kappa shape index (κ1) is 11.5. The summed E-state index contributed by atoms with van der Waals surface area (Å²) < 4.78 is 7.66. The summed E-state index contributed by atoms with van der Waals surface area (Å²) in [7, 11) is 0. The zero-order chi connectivity index (χ0) is 11.5. The molecule has 2 heterocycles. The van der Waals surface area contributed by atoms with Crippen LogP contribution in [0.5, 0.6) is 0 Å². The summed E-state index contributed by atoms with van der Waals surface area (Å²) in [4.78, 5) is 0. The molecule has 2 unspecified atom stereocenters. The standard InChI is InChI=1S/C12H21N3O/c1-4-15-8-12(7-13-15)14-11-5-9(2)16-10(3)6-11/h7-11,14H,4-6H2,1-3H3. The average Bonchev–Trinajstić information content (AvgIpc) is 2.64. The first-order valence-corrected chi connectivity index (χ1v) is 6.11. The zero-order valence-corrected chi connectivity index (χ0v) is 10.3. The van der Waals surface area contributed by atoms with Crippen molar-refractivity contribution in [2.24, 2.45) is 0 Å². The van der Waals surface area contributed by atoms with Crippen molar-refractivity contribution in [1.82, 2.24) is 9.78 Å². The maximum absolute atomic E-state index is 5.72. The Labute approximate surface area is 97.0 Å². The molecule has 16 heavy (non-hydrogen) atoms. The number of ether oxygens (including phenoxy) is 1. The topological polar surface area (TPSA) is 39.1 Å². The number of aromatic nitrogens is 2. The number of hydrogen-bond donors (Lipinski definition) is 1. The summed E-state index contributed by atoms with van der Waals surface area (Å²) in [6.07, 6.45) is 6.80. The lowest BCUT2D eigenvalue weighted by Gasteiger charge is -2.32. The van der Waals surface area contributed by atoms with E-state index in [1.165, 1.54) is 0 Å². The predicted octanol–water partition coefficient (Wildman–Crippen LogP) is 2.27. The normalized spacial score (nSPS) is 30.3. The first-order chi connectivity index (χ1) is 7.67. The quantitative estimate of drug-likeness (QED) is 0.854. The van der Waals surface area contributed by atoms with Gasteiger partial charge in [-0.1, -0.05) is 0 Å². The van der Waals surface area contributed by atoms with Gasteiger partial charge in [-0.2, -0.15) is 5.10 Å². The largest absolute Gasteiger partial charge is 0.380 e. The fourth-order valence-electron chi connectivity index (χ4n) is 2.37. The van der Waals surface area contributed by atoms with Gasteiger partial charge in [0.25, 0.3) is 0 Å². The number of nitrogens with zero attached hydrogens (tertiary/aromatic N) is 2. The van der Waals surface area contributed by atoms with Gasteiger partial charge in [0.05, 0.1) is 24.1 Å². The molecule has 1 fully saturated rings. The average molecular weight is 223 g/mol. The Hall–Kier alpha value is -1.03. The Morgan fingerprint density at radius 3 is 2.69 bits per heavy atom. The fraction of sp³-hybridized carbons (Fsp3) is 0.750. The van der Waals surface area contributed by atoms with Crippen LogP contribution in [0.25, 0.3) is 0 Å². The lowest BCUT2D eigenvalue weighted by Crippen LogP contribution is -2.36. The van der Waals surface area contributed by atoms with Crippen molar-refractivity contribution in [2.45, 2.75) is 58.4 Å². The summed E-state index contributed by atoms with van der Waals surface area (Å²) >= 11 is 0. The van der Waals surface area contributed by atoms with Crippen LogP contribution < -0.4 is 5.32 Å². The van der Waals surface area contributed by atoms with E-state index in [-0.39, 0.29) is 0 Å². The van der Waals surface area contributed by atoms with Crippen LogP contribution >= 0.6 is 0 Å². The predicted molar refractivity (Wildman–Crippen MR) is 64.6 cm³/mol. The molecule has 2 rings (SSSR count). The minimum absolute atomic E-state index is 0.350. The van der Waals surface area contributed by atoms with Crippen molar-refractivity contribution in [1.29, 1.82) is 0 Å². The van der Waals surface area contributed by atoms with Crippen molar-refractivity contribution >= 4 is 5.69 Å². The van der Waals surface area contributed by atoms with E-state index in [1.807, 2.05) is 10.9 Å². The molecule has 1 aliphatic rings. The van der Waals surface area contributed by atoms with E-state index >= 15 is 0 Å². The lowest BCUT2D eigenvalue weighted by molar-refractivity contribution is -0.0337. The molecule has 0 bridgehead atoms. The van der Waals surface area contributed by atoms with Crippen LogP contribution in [0.4, 0.5) is 5.69 Å². The molecule has 1 N–H and O–H groups in total. The number of hydrogen-bond acceptors (Lipinski definition) is 3. The Bertz CT molecular complexity index is 327. The fourth-order valence-corrected chi connectivity index (χ4v) is 2.37. The highest BCUT2D eigenvalue weighted by atomic mass is 16.5. The second-order valence-corrected chi connectivity index (χ2v) is 4.65. The number of aryl methyl sites for hydroxylation is 1. The van der Waals surface area contributed by atoms with Gasteiger partial charge < -0.3 is 10.1 Å². The highest BCUT2D eigenvalue weighted by Gasteiger charge is 2.24. The molecule has 0 saturated carbocycles. The lowest BCUT2D eigenvalue weighted by atomic mass is 10.00. The summed E-state index contributed by atoms with van der Waals surface area (Å²) in [6, 6.07) is 0.508. The van der Waals surface area contributed by atoms with E-state index in [1.54, 1.807) is 0 Å². The Kier molecular flexibility index (Phi) is 3.49. The molecule has 1 aliphatic heterocycles. The van der Waals surface area contributed by atoms with E-state index in [4.69, 9.17) is 4.74 Å². The molecule has 1 aromatic rings. The van der Waals surface area contributed by atoms with Crippen molar-refractivity contribution in [3.63, 3.8) is 0 Å². The third kappa shape index (κ3) is 2.76. The zero-order valence-electron chi connectivity index (χ0n) is 10.3. The second kappa shape index (κ2) is 4.87. The van der Waals surface area contributed by atoms with Crippen molar-refractivity contribution in [2.75, 3.05) is 5.32 Å². The van der Waals surface area contributed by atoms with Crippen molar-refractivity contribution < 1.29 is 4.74 Å². The van der Waals surface area contributed by atoms with Crippen molar-refractivity contribution in [3.05, 3.63) is 12.4 Å². The molecule has 0 aliphatic carbocycles. The van der Waals surface area contributed by atoms with Crippen LogP contribution in [0.3, 0.4) is 0 Å². The summed E-state index contributed by atoms with van der Waals surface area (Å²) in [5.74, 6) is 0. The molecule has 90 valence electrons. The molecule has 0 spiro atoms. The van der Waals surface area contributed by atoms with E-state index in [0.717, 1.165) is 25.1 Å². The molecule has 1 aromatic heterocycles. The highest BCUT2D eigenvalue weighted by Crippen LogP contribution is 2.22. The van der Waals surface area contributed by atoms with E-state index in [0.29, 0.717) is 18.2 Å². The Balaban J connectivity index is 1.93. The smallest absolute Gasteiger partial charge is 0.0728 e. The molecule has 4 nitrogen and oxygen atoms in total. The van der Waals surface area contributed by atoms with Gasteiger partial charge in [-0.15, -0.1) is 0 Å². The van der Waals surface area contributed by atoms with Gasteiger partial charge in [0.1, 0.15) is 0 Å². The third-order valence-electron chi connectivity index (χ3n) is 3.03. The van der Waals surface area contributed by atoms with Crippen LogP contribution in [0.2, 0.25) is 0 Å². The number of rotatable bonds is 3. The van der Waals surface area contributed by atoms with Gasteiger partial charge in [-0.05, 0) is 33.6 Å². The Morgan fingerprint density at radius 2 is 2.12 bits per heavy atom. The summed E-state index contributed by atoms with van der Waals surface area (Å²) in [5.41, 5.74) is 1.12. The minimum atomic E-state index is 0.350. The number of anilines is 1. The van der Waals surface area contributed by atoms with Crippen molar-refractivity contribution in [3.8, 4) is 0 Å². The molecule has 0 aromatic carbocycles. The van der Waals surface area contributed by atoms with Crippen LogP contribution in [0, 0.1) is 0 Å². The number of nitrogens with one attached hydrogen (secondary N) is 1. The maximum Gasteiger partial charge on any atom is 0.0728 e. The summed E-state index contributed by atoms with van der Waals surface area (Å²) in [6.45, 7) is 7.29. The van der Waals surface area contributed by atoms with E-state index in [9.17, 15) is 0 Å². The third-order valence-corrected chi connectivity index (χ3v) is 3.03. The van der Waals surface area contributed by atoms with E-state index < -0.39 is 0 Å². The molecule has 2 atom stereocenters. The first-order valence-electron chi connectivity index (χ1n) is 6.11.